The van der Waals surface area contributed by atoms with Crippen molar-refractivity contribution in [1.29, 1.82) is 0 Å². The van der Waals surface area contributed by atoms with Gasteiger partial charge in [-0.2, -0.15) is 0 Å². The second kappa shape index (κ2) is 10.5. The lowest BCUT2D eigenvalue weighted by Gasteiger charge is -2.32. The number of hydrogen-bond donors (Lipinski definition) is 1. The molecule has 1 aliphatic heterocycles. The zero-order valence-electron chi connectivity index (χ0n) is 13.5. The minimum Gasteiger partial charge on any atom is -0.382 e. The third-order valence-corrected chi connectivity index (χ3v) is 4.23. The third kappa shape index (κ3) is 8.12. The second-order valence-corrected chi connectivity index (χ2v) is 6.21. The van der Waals surface area contributed by atoms with Gasteiger partial charge in [-0.1, -0.05) is 0 Å². The Kier molecular flexibility index (Phi) is 8.59. The normalized spacial score (nSPS) is 23.6. The maximum atomic E-state index is 5.64. The zero-order valence-corrected chi connectivity index (χ0v) is 13.5. The van der Waals surface area contributed by atoms with Crippen molar-refractivity contribution >= 4 is 0 Å². The highest BCUT2D eigenvalue weighted by Crippen LogP contribution is 2.21. The maximum absolute atomic E-state index is 5.64. The number of piperidine rings is 1. The van der Waals surface area contributed by atoms with Crippen LogP contribution in [0.5, 0.6) is 0 Å². The molecule has 2 aliphatic rings. The lowest BCUT2D eigenvalue weighted by atomic mass is 9.98. The Hall–Kier alpha value is -0.200. The Morgan fingerprint density at radius 1 is 1.00 bits per heavy atom. The summed E-state index contributed by atoms with van der Waals surface area (Å²) in [7, 11) is 1.69. The smallest absolute Gasteiger partial charge is 0.0701 e. The second-order valence-electron chi connectivity index (χ2n) is 6.21. The van der Waals surface area contributed by atoms with Crippen LogP contribution in [0.3, 0.4) is 0 Å². The molecule has 0 bridgehead atoms. The van der Waals surface area contributed by atoms with Crippen LogP contribution in [0, 0.1) is 5.92 Å². The SMILES string of the molecule is COCCOCCOCCN1CCCC(CNC2CC2)C1. The molecule has 21 heavy (non-hydrogen) atoms. The summed E-state index contributed by atoms with van der Waals surface area (Å²) in [6.45, 7) is 8.19. The van der Waals surface area contributed by atoms with Crippen LogP contribution in [0.4, 0.5) is 0 Å². The monoisotopic (exact) mass is 300 g/mol. The highest BCUT2D eigenvalue weighted by atomic mass is 16.5. The van der Waals surface area contributed by atoms with Crippen molar-refractivity contribution in [3.8, 4) is 0 Å². The Bertz CT molecular complexity index is 262. The van der Waals surface area contributed by atoms with Gasteiger partial charge in [-0.05, 0) is 44.7 Å². The van der Waals surface area contributed by atoms with E-state index >= 15 is 0 Å². The topological polar surface area (TPSA) is 43.0 Å². The highest BCUT2D eigenvalue weighted by molar-refractivity contribution is 4.83. The first-order valence-corrected chi connectivity index (χ1v) is 8.48. The molecule has 1 heterocycles. The van der Waals surface area contributed by atoms with E-state index in [1.54, 1.807) is 7.11 Å². The van der Waals surface area contributed by atoms with E-state index in [9.17, 15) is 0 Å². The van der Waals surface area contributed by atoms with Crippen molar-refractivity contribution in [2.45, 2.75) is 31.7 Å². The lowest BCUT2D eigenvalue weighted by Crippen LogP contribution is -2.41. The maximum Gasteiger partial charge on any atom is 0.0701 e. The quantitative estimate of drug-likeness (QED) is 0.547. The van der Waals surface area contributed by atoms with Crippen molar-refractivity contribution < 1.29 is 14.2 Å². The van der Waals surface area contributed by atoms with Gasteiger partial charge >= 0.3 is 0 Å². The number of methoxy groups -OCH3 is 1. The fraction of sp³-hybridized carbons (Fsp3) is 1.00. The molecule has 0 amide bonds. The summed E-state index contributed by atoms with van der Waals surface area (Å²) in [6.07, 6.45) is 5.48. The number of nitrogens with zero attached hydrogens (tertiary/aromatic N) is 1. The molecule has 0 radical (unpaired) electrons. The van der Waals surface area contributed by atoms with Gasteiger partial charge in [0.25, 0.3) is 0 Å². The van der Waals surface area contributed by atoms with Crippen LogP contribution in [0.1, 0.15) is 25.7 Å². The summed E-state index contributed by atoms with van der Waals surface area (Å²) >= 11 is 0. The van der Waals surface area contributed by atoms with E-state index in [1.807, 2.05) is 0 Å². The van der Waals surface area contributed by atoms with Gasteiger partial charge in [-0.15, -0.1) is 0 Å². The average molecular weight is 300 g/mol. The van der Waals surface area contributed by atoms with E-state index in [0.29, 0.717) is 26.4 Å². The summed E-state index contributed by atoms with van der Waals surface area (Å²) in [6, 6.07) is 0.835. The average Bonchev–Trinajstić information content (AvgIpc) is 3.33. The fourth-order valence-electron chi connectivity index (χ4n) is 2.80. The molecule has 1 aliphatic carbocycles. The van der Waals surface area contributed by atoms with Gasteiger partial charge in [0.1, 0.15) is 0 Å². The molecule has 1 saturated heterocycles. The molecule has 0 aromatic heterocycles. The van der Waals surface area contributed by atoms with Crippen LogP contribution in [0.15, 0.2) is 0 Å². The van der Waals surface area contributed by atoms with E-state index in [0.717, 1.165) is 25.1 Å². The van der Waals surface area contributed by atoms with Gasteiger partial charge in [0.15, 0.2) is 0 Å². The molecule has 2 rings (SSSR count). The van der Waals surface area contributed by atoms with Crippen LogP contribution in [-0.4, -0.2) is 77.3 Å². The van der Waals surface area contributed by atoms with E-state index in [4.69, 9.17) is 14.2 Å². The van der Waals surface area contributed by atoms with Gasteiger partial charge < -0.3 is 24.4 Å². The predicted octanol–water partition coefficient (Wildman–Crippen LogP) is 1.13. The van der Waals surface area contributed by atoms with Crippen molar-refractivity contribution in [2.24, 2.45) is 5.92 Å². The summed E-state index contributed by atoms with van der Waals surface area (Å²) in [5.74, 6) is 0.830. The standard InChI is InChI=1S/C16H32N2O3/c1-19-9-10-21-12-11-20-8-7-18-6-2-3-15(14-18)13-17-16-4-5-16/h15-17H,2-14H2,1H3. The van der Waals surface area contributed by atoms with Crippen molar-refractivity contribution in [3.05, 3.63) is 0 Å². The van der Waals surface area contributed by atoms with Gasteiger partial charge in [0.05, 0.1) is 33.0 Å². The van der Waals surface area contributed by atoms with Crippen molar-refractivity contribution in [3.63, 3.8) is 0 Å². The molecular weight excluding hydrogens is 268 g/mol. The molecule has 1 atom stereocenters. The lowest BCUT2D eigenvalue weighted by molar-refractivity contribution is 0.0167. The van der Waals surface area contributed by atoms with Crippen LogP contribution in [0.2, 0.25) is 0 Å². The number of rotatable bonds is 12. The molecule has 0 aromatic carbocycles. The van der Waals surface area contributed by atoms with Crippen molar-refractivity contribution in [2.75, 3.05) is 66.3 Å². The molecule has 1 N–H and O–H groups in total. The van der Waals surface area contributed by atoms with Gasteiger partial charge in [-0.3, -0.25) is 0 Å². The predicted molar refractivity (Wildman–Crippen MR) is 83.7 cm³/mol. The van der Waals surface area contributed by atoms with Crippen LogP contribution in [0.25, 0.3) is 0 Å². The number of nitrogens with one attached hydrogen (secondary N) is 1. The summed E-state index contributed by atoms with van der Waals surface area (Å²) < 4.78 is 15.9. The molecule has 0 aromatic rings. The van der Waals surface area contributed by atoms with E-state index < -0.39 is 0 Å². The first-order chi connectivity index (χ1) is 10.4. The largest absolute Gasteiger partial charge is 0.382 e. The molecule has 1 saturated carbocycles. The highest BCUT2D eigenvalue weighted by Gasteiger charge is 2.24. The van der Waals surface area contributed by atoms with Crippen LogP contribution < -0.4 is 5.32 Å². The molecule has 0 spiro atoms. The Morgan fingerprint density at radius 2 is 1.76 bits per heavy atom. The van der Waals surface area contributed by atoms with E-state index in [2.05, 4.69) is 10.2 Å². The third-order valence-electron chi connectivity index (χ3n) is 4.23. The molecule has 1 unspecified atom stereocenters. The Morgan fingerprint density at radius 3 is 2.52 bits per heavy atom. The summed E-state index contributed by atoms with van der Waals surface area (Å²) in [5.41, 5.74) is 0. The Labute approximate surface area is 129 Å². The van der Waals surface area contributed by atoms with Gasteiger partial charge in [-0.25, -0.2) is 0 Å². The van der Waals surface area contributed by atoms with Gasteiger partial charge in [0, 0.05) is 26.2 Å². The fourth-order valence-corrected chi connectivity index (χ4v) is 2.80. The number of likely N-dealkylation sites (tertiary alicyclic amines) is 1. The first-order valence-electron chi connectivity index (χ1n) is 8.48. The first kappa shape index (κ1) is 17.2. The zero-order chi connectivity index (χ0) is 14.8. The number of ether oxygens (including phenoxy) is 3. The molecule has 5 nitrogen and oxygen atoms in total. The van der Waals surface area contributed by atoms with Crippen LogP contribution in [-0.2, 0) is 14.2 Å². The molecule has 124 valence electrons. The molecule has 5 heteroatoms. The molecular formula is C16H32N2O3. The summed E-state index contributed by atoms with van der Waals surface area (Å²) in [4.78, 5) is 2.55. The minimum atomic E-state index is 0.654. The van der Waals surface area contributed by atoms with Crippen LogP contribution >= 0.6 is 0 Å². The minimum absolute atomic E-state index is 0.654. The van der Waals surface area contributed by atoms with Crippen molar-refractivity contribution in [1.82, 2.24) is 10.2 Å². The molecule has 2 fully saturated rings. The van der Waals surface area contributed by atoms with E-state index in [-0.39, 0.29) is 0 Å². The van der Waals surface area contributed by atoms with E-state index in [1.165, 1.54) is 45.3 Å². The van der Waals surface area contributed by atoms with Gasteiger partial charge in [0.2, 0.25) is 0 Å². The number of hydrogen-bond acceptors (Lipinski definition) is 5. The Balaban J connectivity index is 1.42. The summed E-state index contributed by atoms with van der Waals surface area (Å²) in [5, 5.41) is 3.66.